The average molecular weight is 237 g/mol. The van der Waals surface area contributed by atoms with E-state index in [-0.39, 0.29) is 9.52 Å². The predicted octanol–water partition coefficient (Wildman–Crippen LogP) is 1.56. The summed E-state index contributed by atoms with van der Waals surface area (Å²) in [6.45, 7) is 2.29. The Kier molecular flexibility index (Phi) is 6.69. The summed E-state index contributed by atoms with van der Waals surface area (Å²) in [7, 11) is 1.44. The Morgan fingerprint density at radius 1 is 1.13 bits per heavy atom. The van der Waals surface area contributed by atoms with Gasteiger partial charge in [0.25, 0.3) is 0 Å². The van der Waals surface area contributed by atoms with Gasteiger partial charge in [-0.3, -0.25) is 0 Å². The van der Waals surface area contributed by atoms with Crippen LogP contribution in [-0.4, -0.2) is 19.8 Å². The highest BCUT2D eigenvalue weighted by molar-refractivity contribution is 6.62. The van der Waals surface area contributed by atoms with Gasteiger partial charge in [0.15, 0.2) is 0 Å². The number of hydrogen-bond acceptors (Lipinski definition) is 0. The summed E-state index contributed by atoms with van der Waals surface area (Å²) in [5.74, 6) is 0. The highest BCUT2D eigenvalue weighted by atomic mass is 28.2. The van der Waals surface area contributed by atoms with Gasteiger partial charge in [0.2, 0.25) is 0 Å². The van der Waals surface area contributed by atoms with Crippen molar-refractivity contribution in [1.29, 1.82) is 0 Å². The van der Waals surface area contributed by atoms with E-state index in [1.54, 1.807) is 5.19 Å². The first kappa shape index (κ1) is 12.7. The molecule has 1 atom stereocenters. The zero-order chi connectivity index (χ0) is 10.9. The summed E-state index contributed by atoms with van der Waals surface area (Å²) in [5, 5.41) is 2.78. The topological polar surface area (TPSA) is 0 Å². The Bertz CT molecular complexity index is 246. The molecule has 0 spiro atoms. The van der Waals surface area contributed by atoms with Crippen LogP contribution in [0.15, 0.2) is 30.3 Å². The lowest BCUT2D eigenvalue weighted by Gasteiger charge is -2.10. The van der Waals surface area contributed by atoms with Crippen LogP contribution in [0.25, 0.3) is 0 Å². The Hall–Kier alpha value is -0.346. The molecule has 15 heavy (non-hydrogen) atoms. The molecular weight excluding hydrogens is 212 g/mol. The summed E-state index contributed by atoms with van der Waals surface area (Å²) >= 11 is 0. The molecule has 0 bridgehead atoms. The van der Waals surface area contributed by atoms with Gasteiger partial charge in [0, 0.05) is 10.2 Å². The fraction of sp³-hybridized carbons (Fsp3) is 0.538. The molecule has 0 saturated heterocycles. The van der Waals surface area contributed by atoms with Gasteiger partial charge in [-0.15, -0.1) is 0 Å². The first-order chi connectivity index (χ1) is 7.33. The molecule has 0 heterocycles. The number of unbranched alkanes of at least 4 members (excludes halogenated alkanes) is 3. The molecule has 2 heteroatoms. The van der Waals surface area contributed by atoms with Crippen molar-refractivity contribution >= 4 is 24.9 Å². The SMILES string of the molecule is CCCCCCC([SiH3])[SiH2]c1ccccc1. The van der Waals surface area contributed by atoms with Crippen molar-refractivity contribution in [1.82, 2.24) is 0 Å². The Morgan fingerprint density at radius 2 is 1.87 bits per heavy atom. The van der Waals surface area contributed by atoms with Crippen LogP contribution in [-0.2, 0) is 0 Å². The van der Waals surface area contributed by atoms with Gasteiger partial charge in [-0.05, 0) is 0 Å². The van der Waals surface area contributed by atoms with Gasteiger partial charge < -0.3 is 0 Å². The molecule has 0 aliphatic carbocycles. The van der Waals surface area contributed by atoms with Gasteiger partial charge in [0.05, 0.1) is 9.52 Å². The average Bonchev–Trinajstić information content (AvgIpc) is 2.26. The zero-order valence-electron chi connectivity index (χ0n) is 10.2. The minimum Gasteiger partial charge on any atom is -0.0670 e. The van der Waals surface area contributed by atoms with Crippen molar-refractivity contribution in [2.75, 3.05) is 0 Å². The summed E-state index contributed by atoms with van der Waals surface area (Å²) in [4.78, 5) is 0. The van der Waals surface area contributed by atoms with E-state index in [0.717, 1.165) is 5.16 Å². The summed E-state index contributed by atoms with van der Waals surface area (Å²) < 4.78 is 0. The summed E-state index contributed by atoms with van der Waals surface area (Å²) in [6, 6.07) is 11.1. The van der Waals surface area contributed by atoms with Crippen molar-refractivity contribution in [2.24, 2.45) is 0 Å². The number of hydrogen-bond donors (Lipinski definition) is 0. The highest BCUT2D eigenvalue weighted by Gasteiger charge is 2.03. The number of rotatable bonds is 7. The fourth-order valence-electron chi connectivity index (χ4n) is 2.04. The molecule has 1 aromatic rings. The summed E-state index contributed by atoms with van der Waals surface area (Å²) in [5.41, 5.74) is 0. The maximum Gasteiger partial charge on any atom is 0.0544 e. The van der Waals surface area contributed by atoms with E-state index >= 15 is 0 Å². The second kappa shape index (κ2) is 7.88. The molecule has 0 amide bonds. The van der Waals surface area contributed by atoms with Crippen LogP contribution in [0.5, 0.6) is 0 Å². The lowest BCUT2D eigenvalue weighted by atomic mass is 10.2. The lowest BCUT2D eigenvalue weighted by Crippen LogP contribution is -2.19. The van der Waals surface area contributed by atoms with Crippen LogP contribution in [0.1, 0.15) is 39.0 Å². The molecule has 1 rings (SSSR count). The molecule has 0 aromatic heterocycles. The second-order valence-corrected chi connectivity index (χ2v) is 10.5. The van der Waals surface area contributed by atoms with Gasteiger partial charge >= 0.3 is 0 Å². The normalized spacial score (nSPS) is 13.7. The first-order valence-electron chi connectivity index (χ1n) is 6.37. The fourth-order valence-corrected chi connectivity index (χ4v) is 5.70. The van der Waals surface area contributed by atoms with E-state index in [9.17, 15) is 0 Å². The molecule has 0 fully saturated rings. The van der Waals surface area contributed by atoms with Gasteiger partial charge in [-0.25, -0.2) is 0 Å². The van der Waals surface area contributed by atoms with E-state index in [0.29, 0.717) is 0 Å². The van der Waals surface area contributed by atoms with Crippen LogP contribution >= 0.6 is 0 Å². The number of benzene rings is 1. The molecule has 0 N–H and O–H groups in total. The van der Waals surface area contributed by atoms with E-state index in [1.807, 2.05) is 0 Å². The Labute approximate surface area is 99.7 Å². The lowest BCUT2D eigenvalue weighted by molar-refractivity contribution is 0.647. The van der Waals surface area contributed by atoms with Crippen LogP contribution in [0, 0.1) is 0 Å². The first-order valence-corrected chi connectivity index (χ1v) is 9.04. The third kappa shape index (κ3) is 5.95. The van der Waals surface area contributed by atoms with Gasteiger partial charge in [-0.2, -0.15) is 0 Å². The zero-order valence-corrected chi connectivity index (χ0v) is 13.6. The highest BCUT2D eigenvalue weighted by Crippen LogP contribution is 2.11. The van der Waals surface area contributed by atoms with E-state index in [4.69, 9.17) is 0 Å². The molecule has 0 radical (unpaired) electrons. The smallest absolute Gasteiger partial charge is 0.0544 e. The predicted molar refractivity (Wildman–Crippen MR) is 77.1 cm³/mol. The monoisotopic (exact) mass is 236 g/mol. The molecule has 0 nitrogen and oxygen atoms in total. The third-order valence-electron chi connectivity index (χ3n) is 2.98. The van der Waals surface area contributed by atoms with Crippen LogP contribution in [0.2, 0.25) is 5.16 Å². The minimum atomic E-state index is 0.0404. The molecule has 1 unspecified atom stereocenters. The van der Waals surface area contributed by atoms with Gasteiger partial charge in [0.1, 0.15) is 0 Å². The molecule has 0 aliphatic rings. The Balaban J connectivity index is 2.16. The molecular formula is C13H24Si2. The standard InChI is InChI=1S/C13H24Si2/c1-2-3-4-8-11-13(14)15-12-9-6-5-7-10-12/h5-7,9-10,13H,2-4,8,11,15H2,1,14H3. The largest absolute Gasteiger partial charge is 0.0670 e. The van der Waals surface area contributed by atoms with Crippen molar-refractivity contribution in [3.05, 3.63) is 30.3 Å². The molecule has 84 valence electrons. The molecule has 0 saturated carbocycles. The minimum absolute atomic E-state index is 0.0404. The molecule has 0 aliphatic heterocycles. The third-order valence-corrected chi connectivity index (χ3v) is 6.83. The van der Waals surface area contributed by atoms with Crippen molar-refractivity contribution in [3.63, 3.8) is 0 Å². The maximum atomic E-state index is 2.32. The van der Waals surface area contributed by atoms with Crippen molar-refractivity contribution in [2.45, 2.75) is 44.2 Å². The Morgan fingerprint density at radius 3 is 2.53 bits per heavy atom. The maximum absolute atomic E-state index is 2.32. The van der Waals surface area contributed by atoms with E-state index in [1.165, 1.54) is 42.3 Å². The van der Waals surface area contributed by atoms with Crippen LogP contribution in [0.3, 0.4) is 0 Å². The van der Waals surface area contributed by atoms with E-state index < -0.39 is 0 Å². The molecule has 1 aromatic carbocycles. The van der Waals surface area contributed by atoms with Gasteiger partial charge in [-0.1, -0.05) is 79.7 Å². The van der Waals surface area contributed by atoms with Crippen molar-refractivity contribution in [3.8, 4) is 0 Å². The van der Waals surface area contributed by atoms with Crippen LogP contribution < -0.4 is 5.19 Å². The van der Waals surface area contributed by atoms with Crippen molar-refractivity contribution < 1.29 is 0 Å². The quantitative estimate of drug-likeness (QED) is 0.498. The second-order valence-electron chi connectivity index (χ2n) is 4.64. The van der Waals surface area contributed by atoms with E-state index in [2.05, 4.69) is 37.3 Å². The van der Waals surface area contributed by atoms with Crippen LogP contribution in [0.4, 0.5) is 0 Å². The summed E-state index contributed by atoms with van der Waals surface area (Å²) in [6.07, 6.45) is 7.23.